The third-order valence-corrected chi connectivity index (χ3v) is 4.02. The van der Waals surface area contributed by atoms with Crippen molar-refractivity contribution in [3.8, 4) is 12.3 Å². The van der Waals surface area contributed by atoms with Crippen LogP contribution in [0.2, 0.25) is 0 Å². The van der Waals surface area contributed by atoms with Gasteiger partial charge >= 0.3 is 5.97 Å². The molecule has 1 unspecified atom stereocenters. The number of nitrogens with two attached hydrogens (primary N) is 2. The summed E-state index contributed by atoms with van der Waals surface area (Å²) in [5.41, 5.74) is 13.2. The number of benzene rings is 1. The lowest BCUT2D eigenvalue weighted by Crippen LogP contribution is -2.33. The lowest BCUT2D eigenvalue weighted by molar-refractivity contribution is 0.0599. The van der Waals surface area contributed by atoms with Gasteiger partial charge in [0.25, 0.3) is 0 Å². The number of aromatic nitrogens is 1. The van der Waals surface area contributed by atoms with Gasteiger partial charge in [-0.05, 0) is 11.6 Å². The highest BCUT2D eigenvalue weighted by Gasteiger charge is 2.31. The van der Waals surface area contributed by atoms with Crippen LogP contribution in [-0.4, -0.2) is 24.0 Å². The molecule has 0 saturated carbocycles. The van der Waals surface area contributed by atoms with Crippen LogP contribution in [0.5, 0.6) is 0 Å². The molecule has 10 nitrogen and oxygen atoms in total. The van der Waals surface area contributed by atoms with E-state index in [4.69, 9.17) is 21.5 Å². The molecule has 2 aromatic rings. The molecule has 0 spiro atoms. The van der Waals surface area contributed by atoms with Crippen LogP contribution in [0.4, 0.5) is 17.3 Å². The Morgan fingerprint density at radius 3 is 2.74 bits per heavy atom. The van der Waals surface area contributed by atoms with Gasteiger partial charge in [0.05, 0.1) is 18.4 Å². The van der Waals surface area contributed by atoms with E-state index in [0.717, 1.165) is 0 Å². The van der Waals surface area contributed by atoms with Gasteiger partial charge in [0, 0.05) is 5.56 Å². The Bertz CT molecular complexity index is 1050. The zero-order valence-corrected chi connectivity index (χ0v) is 14.1. The number of rotatable bonds is 2. The first-order valence-electron chi connectivity index (χ1n) is 7.67. The van der Waals surface area contributed by atoms with Gasteiger partial charge < -0.3 is 21.5 Å². The number of guanidine groups is 1. The normalized spacial score (nSPS) is 14.6. The van der Waals surface area contributed by atoms with E-state index in [1.54, 1.807) is 30.5 Å². The molecule has 27 heavy (non-hydrogen) atoms. The van der Waals surface area contributed by atoms with E-state index in [-0.39, 0.29) is 34.4 Å². The second-order valence-electron chi connectivity index (χ2n) is 5.48. The number of fused-ring (bicyclic) bond motifs is 1. The Kier molecular flexibility index (Phi) is 4.47. The third kappa shape index (κ3) is 2.92. The monoisotopic (exact) mass is 362 g/mol. The highest BCUT2D eigenvalue weighted by atomic mass is 16.5. The summed E-state index contributed by atoms with van der Waals surface area (Å²) in [6, 6.07) is 7.78. The number of carbonyl (C=O) groups is 1. The second kappa shape index (κ2) is 6.90. The molecule has 1 aromatic carbocycles. The third-order valence-electron chi connectivity index (χ3n) is 4.02. The van der Waals surface area contributed by atoms with E-state index < -0.39 is 12.0 Å². The van der Waals surface area contributed by atoms with Crippen LogP contribution in [0.25, 0.3) is 0 Å². The molecule has 0 saturated heterocycles. The number of nitrogen functional groups attached to an aromatic ring is 2. The van der Waals surface area contributed by atoms with Crippen molar-refractivity contribution in [3.05, 3.63) is 46.5 Å². The van der Waals surface area contributed by atoms with Crippen molar-refractivity contribution in [2.24, 2.45) is 4.99 Å². The predicted octanol–water partition coefficient (Wildman–Crippen LogP) is 0.846. The first-order chi connectivity index (χ1) is 13.0. The molecule has 0 amide bonds. The maximum absolute atomic E-state index is 12.2. The summed E-state index contributed by atoms with van der Waals surface area (Å²) in [6.07, 6.45) is 1.76. The largest absolute Gasteiger partial charge is 0.465 e. The first-order valence-corrected chi connectivity index (χ1v) is 7.67. The summed E-state index contributed by atoms with van der Waals surface area (Å²) >= 11 is 0. The molecule has 0 bridgehead atoms. The van der Waals surface area contributed by atoms with E-state index in [1.807, 2.05) is 6.07 Å². The smallest absolute Gasteiger partial charge is 0.338 e. The molecule has 0 radical (unpaired) electrons. The average molecular weight is 362 g/mol. The average Bonchev–Trinajstić information content (AvgIpc) is 2.67. The van der Waals surface area contributed by atoms with Crippen molar-refractivity contribution in [1.82, 2.24) is 10.3 Å². The minimum Gasteiger partial charge on any atom is -0.465 e. The van der Waals surface area contributed by atoms with E-state index in [1.165, 1.54) is 7.11 Å². The van der Waals surface area contributed by atoms with Crippen LogP contribution in [0, 0.1) is 22.8 Å². The van der Waals surface area contributed by atoms with Gasteiger partial charge in [-0.15, -0.1) is 0 Å². The lowest BCUT2D eigenvalue weighted by Gasteiger charge is -2.27. The lowest BCUT2D eigenvalue weighted by atomic mass is 9.92. The SMILES string of the molecule is COC(=O)c1ccccc1C1N=C(NC#N)Nc2nc(N)c(C#N)c(N)c21. The van der Waals surface area contributed by atoms with Gasteiger partial charge in [-0.3, -0.25) is 5.32 Å². The van der Waals surface area contributed by atoms with Crippen LogP contribution >= 0.6 is 0 Å². The van der Waals surface area contributed by atoms with Crippen molar-refractivity contribution in [1.29, 1.82) is 10.5 Å². The molecule has 10 heteroatoms. The highest BCUT2D eigenvalue weighted by molar-refractivity contribution is 5.99. The zero-order chi connectivity index (χ0) is 19.6. The van der Waals surface area contributed by atoms with Crippen molar-refractivity contribution >= 4 is 29.3 Å². The van der Waals surface area contributed by atoms with Gasteiger partial charge in [-0.1, -0.05) is 18.2 Å². The fourth-order valence-electron chi connectivity index (χ4n) is 2.84. The van der Waals surface area contributed by atoms with E-state index >= 15 is 0 Å². The topological polar surface area (TPSA) is 175 Å². The number of esters is 1. The number of pyridine rings is 1. The predicted molar refractivity (Wildman–Crippen MR) is 97.2 cm³/mol. The summed E-state index contributed by atoms with van der Waals surface area (Å²) in [6.45, 7) is 0. The Balaban J connectivity index is 2.30. The summed E-state index contributed by atoms with van der Waals surface area (Å²) in [5, 5.41) is 23.5. The number of hydrogen-bond acceptors (Lipinski definition) is 10. The Labute approximate surface area is 154 Å². The van der Waals surface area contributed by atoms with E-state index in [9.17, 15) is 10.1 Å². The second-order valence-corrected chi connectivity index (χ2v) is 5.48. The molecular weight excluding hydrogens is 348 g/mol. The van der Waals surface area contributed by atoms with Gasteiger partial charge in [0.2, 0.25) is 5.96 Å². The summed E-state index contributed by atoms with van der Waals surface area (Å²) in [4.78, 5) is 20.8. The highest BCUT2D eigenvalue weighted by Crippen LogP contribution is 2.41. The van der Waals surface area contributed by atoms with Crippen LogP contribution in [0.1, 0.15) is 33.1 Å². The quantitative estimate of drug-likeness (QED) is 0.342. The maximum Gasteiger partial charge on any atom is 0.338 e. The number of aliphatic imine (C=N–C) groups is 1. The molecule has 6 N–H and O–H groups in total. The van der Waals surface area contributed by atoms with E-state index in [0.29, 0.717) is 11.1 Å². The summed E-state index contributed by atoms with van der Waals surface area (Å²) in [5.74, 6) is -0.273. The summed E-state index contributed by atoms with van der Waals surface area (Å²) < 4.78 is 4.83. The van der Waals surface area contributed by atoms with Crippen molar-refractivity contribution in [2.75, 3.05) is 23.9 Å². The Morgan fingerprint density at radius 1 is 1.33 bits per heavy atom. The van der Waals surface area contributed by atoms with Crippen LogP contribution < -0.4 is 22.1 Å². The number of carbonyl (C=O) groups excluding carboxylic acids is 1. The molecular formula is C17H14N8O2. The number of anilines is 3. The number of nitrogens with zero attached hydrogens (tertiary/aromatic N) is 4. The summed E-state index contributed by atoms with van der Waals surface area (Å²) in [7, 11) is 1.27. The maximum atomic E-state index is 12.2. The molecule has 0 fully saturated rings. The molecule has 1 atom stereocenters. The van der Waals surface area contributed by atoms with Gasteiger partial charge in [0.15, 0.2) is 6.19 Å². The molecule has 1 aliphatic heterocycles. The minimum atomic E-state index is -0.812. The molecule has 3 rings (SSSR count). The number of ether oxygens (including phenoxy) is 1. The first kappa shape index (κ1) is 17.5. The number of hydrogen-bond donors (Lipinski definition) is 4. The van der Waals surface area contributed by atoms with Crippen molar-refractivity contribution in [3.63, 3.8) is 0 Å². The molecule has 1 aliphatic rings. The standard InChI is InChI=1S/C17H14N8O2/c1-27-16(26)9-5-3-2-4-8(9)13-11-12(20)10(6-18)14(21)24-15(11)25-17(23-13)22-7-19/h2-5,13H,1H3,(H6,20,21,22,23,24,25). The molecule has 1 aromatic heterocycles. The number of nitriles is 2. The molecule has 2 heterocycles. The molecule has 134 valence electrons. The zero-order valence-electron chi connectivity index (χ0n) is 14.1. The van der Waals surface area contributed by atoms with Crippen LogP contribution in [-0.2, 0) is 4.74 Å². The van der Waals surface area contributed by atoms with Crippen LogP contribution in [0.15, 0.2) is 29.3 Å². The van der Waals surface area contributed by atoms with Crippen LogP contribution in [0.3, 0.4) is 0 Å². The van der Waals surface area contributed by atoms with Crippen molar-refractivity contribution in [2.45, 2.75) is 6.04 Å². The van der Waals surface area contributed by atoms with Gasteiger partial charge in [-0.2, -0.15) is 10.5 Å². The molecule has 0 aliphatic carbocycles. The fourth-order valence-corrected chi connectivity index (χ4v) is 2.84. The fraction of sp³-hybridized carbons (Fsp3) is 0.118. The van der Waals surface area contributed by atoms with Gasteiger partial charge in [0.1, 0.15) is 29.3 Å². The van der Waals surface area contributed by atoms with Gasteiger partial charge in [-0.25, -0.2) is 14.8 Å². The number of methoxy groups -OCH3 is 1. The van der Waals surface area contributed by atoms with Crippen molar-refractivity contribution < 1.29 is 9.53 Å². The van der Waals surface area contributed by atoms with E-state index in [2.05, 4.69) is 20.6 Å². The number of nitrogens with one attached hydrogen (secondary N) is 2. The Hall–Kier alpha value is -4.31. The minimum absolute atomic E-state index is 0.0167. The Morgan fingerprint density at radius 2 is 2.07 bits per heavy atom.